The minimum absolute atomic E-state index is 0.0917. The Morgan fingerprint density at radius 1 is 1.24 bits per heavy atom. The van der Waals surface area contributed by atoms with Crippen molar-refractivity contribution in [2.75, 3.05) is 51.1 Å². The van der Waals surface area contributed by atoms with Gasteiger partial charge in [0.05, 0.1) is 16.8 Å². The molecule has 140 valence electrons. The SMILES string of the molecule is COc1cc(NC(=O)N2CCN(S(=O)(=O)N=S(C)(C)=O)CC2)ccn1. The largest absolute Gasteiger partial charge is 0.481 e. The normalized spacial score (nSPS) is 16.4. The van der Waals surface area contributed by atoms with Gasteiger partial charge in [-0.05, 0) is 6.07 Å². The van der Waals surface area contributed by atoms with Crippen molar-refractivity contribution in [3.63, 3.8) is 0 Å². The minimum atomic E-state index is -3.96. The molecule has 1 aliphatic heterocycles. The van der Waals surface area contributed by atoms with E-state index in [0.29, 0.717) is 11.6 Å². The van der Waals surface area contributed by atoms with Crippen LogP contribution >= 0.6 is 0 Å². The molecule has 2 amide bonds. The molecule has 12 heteroatoms. The second kappa shape index (κ2) is 7.54. The molecule has 2 rings (SSSR count). The molecule has 10 nitrogen and oxygen atoms in total. The van der Waals surface area contributed by atoms with Crippen LogP contribution in [0, 0.1) is 0 Å². The average molecular weight is 391 g/mol. The van der Waals surface area contributed by atoms with Crippen LogP contribution < -0.4 is 10.1 Å². The third kappa shape index (κ3) is 5.54. The zero-order valence-corrected chi connectivity index (χ0v) is 15.8. The lowest BCUT2D eigenvalue weighted by atomic mass is 10.3. The predicted octanol–water partition coefficient (Wildman–Crippen LogP) is 0.212. The number of anilines is 1. The van der Waals surface area contributed by atoms with Crippen LogP contribution in [-0.4, -0.2) is 78.6 Å². The van der Waals surface area contributed by atoms with Crippen LogP contribution in [0.15, 0.2) is 22.1 Å². The van der Waals surface area contributed by atoms with Gasteiger partial charge in [-0.25, -0.2) is 14.0 Å². The first kappa shape index (κ1) is 19.4. The number of hydrogen-bond donors (Lipinski definition) is 1. The molecule has 1 saturated heterocycles. The Bertz CT molecular complexity index is 847. The van der Waals surface area contributed by atoms with Crippen molar-refractivity contribution >= 4 is 31.7 Å². The lowest BCUT2D eigenvalue weighted by Gasteiger charge is -2.32. The van der Waals surface area contributed by atoms with E-state index in [0.717, 1.165) is 4.31 Å². The molecule has 1 aromatic heterocycles. The van der Waals surface area contributed by atoms with Crippen LogP contribution in [0.3, 0.4) is 0 Å². The van der Waals surface area contributed by atoms with E-state index in [9.17, 15) is 17.4 Å². The zero-order chi connectivity index (χ0) is 18.7. The molecule has 0 radical (unpaired) electrons. The van der Waals surface area contributed by atoms with Gasteiger partial charge in [-0.15, -0.1) is 0 Å². The fourth-order valence-electron chi connectivity index (χ4n) is 2.20. The summed E-state index contributed by atoms with van der Waals surface area (Å²) in [6.07, 6.45) is 4.03. The monoisotopic (exact) mass is 391 g/mol. The van der Waals surface area contributed by atoms with Crippen molar-refractivity contribution in [2.45, 2.75) is 0 Å². The number of amides is 2. The molecular formula is C13H21N5O5S2. The molecule has 0 atom stereocenters. The molecule has 0 aliphatic carbocycles. The van der Waals surface area contributed by atoms with Gasteiger partial charge >= 0.3 is 16.2 Å². The lowest BCUT2D eigenvalue weighted by Crippen LogP contribution is -2.51. The Labute approximate surface area is 147 Å². The van der Waals surface area contributed by atoms with E-state index in [4.69, 9.17) is 4.74 Å². The number of urea groups is 1. The van der Waals surface area contributed by atoms with Gasteiger partial charge in [0.1, 0.15) is 0 Å². The summed E-state index contributed by atoms with van der Waals surface area (Å²) in [7, 11) is -5.26. The summed E-state index contributed by atoms with van der Waals surface area (Å²) in [4.78, 5) is 17.7. The first-order valence-electron chi connectivity index (χ1n) is 7.35. The summed E-state index contributed by atoms with van der Waals surface area (Å²) in [5, 5.41) is 2.71. The second-order valence-corrected chi connectivity index (χ2v) is 10.0. The van der Waals surface area contributed by atoms with Crippen LogP contribution in [-0.2, 0) is 19.9 Å². The molecule has 0 spiro atoms. The van der Waals surface area contributed by atoms with Crippen LogP contribution in [0.2, 0.25) is 0 Å². The Morgan fingerprint density at radius 2 is 1.88 bits per heavy atom. The molecule has 1 aromatic rings. The zero-order valence-electron chi connectivity index (χ0n) is 14.2. The van der Waals surface area contributed by atoms with Crippen LogP contribution in [0.5, 0.6) is 5.88 Å². The second-order valence-electron chi connectivity index (χ2n) is 5.64. The highest BCUT2D eigenvalue weighted by atomic mass is 32.3. The summed E-state index contributed by atoms with van der Waals surface area (Å²) in [5.41, 5.74) is 0.526. The van der Waals surface area contributed by atoms with E-state index in [-0.39, 0.29) is 32.2 Å². The molecule has 1 fully saturated rings. The quantitative estimate of drug-likeness (QED) is 0.783. The molecule has 0 unspecified atom stereocenters. The van der Waals surface area contributed by atoms with Gasteiger partial charge in [0.25, 0.3) is 0 Å². The van der Waals surface area contributed by atoms with E-state index < -0.39 is 19.9 Å². The maximum atomic E-state index is 12.3. The van der Waals surface area contributed by atoms with Gasteiger partial charge in [0.2, 0.25) is 5.88 Å². The summed E-state index contributed by atoms with van der Waals surface area (Å²) >= 11 is 0. The Kier molecular flexibility index (Phi) is 5.85. The molecule has 25 heavy (non-hydrogen) atoms. The van der Waals surface area contributed by atoms with E-state index in [1.54, 1.807) is 12.1 Å². The van der Waals surface area contributed by atoms with E-state index in [2.05, 4.69) is 14.1 Å². The van der Waals surface area contributed by atoms with Gasteiger partial charge in [0.15, 0.2) is 0 Å². The summed E-state index contributed by atoms with van der Waals surface area (Å²) in [6.45, 7) is 0.595. The Hall–Kier alpha value is -1.92. The highest BCUT2D eigenvalue weighted by Gasteiger charge is 2.29. The van der Waals surface area contributed by atoms with Crippen LogP contribution in [0.25, 0.3) is 0 Å². The topological polar surface area (TPSA) is 121 Å². The molecule has 1 aliphatic rings. The van der Waals surface area contributed by atoms with E-state index in [1.165, 1.54) is 30.7 Å². The van der Waals surface area contributed by atoms with Gasteiger partial charge in [-0.3, -0.25) is 0 Å². The summed E-state index contributed by atoms with van der Waals surface area (Å²) < 4.78 is 45.3. The number of carbonyl (C=O) groups is 1. The highest BCUT2D eigenvalue weighted by Crippen LogP contribution is 2.15. The number of piperazine rings is 1. The number of pyridine rings is 1. The maximum Gasteiger partial charge on any atom is 0.330 e. The number of carbonyl (C=O) groups excluding carboxylic acids is 1. The van der Waals surface area contributed by atoms with Crippen LogP contribution in [0.4, 0.5) is 10.5 Å². The first-order chi connectivity index (χ1) is 11.6. The van der Waals surface area contributed by atoms with Gasteiger partial charge < -0.3 is 15.0 Å². The van der Waals surface area contributed by atoms with Gasteiger partial charge in [-0.1, -0.05) is 3.77 Å². The van der Waals surface area contributed by atoms with Crippen molar-refractivity contribution in [3.8, 4) is 5.88 Å². The van der Waals surface area contributed by atoms with E-state index >= 15 is 0 Å². The first-order valence-corrected chi connectivity index (χ1v) is 11.1. The molecule has 0 saturated carbocycles. The number of ether oxygens (including phenoxy) is 1. The number of rotatable bonds is 4. The number of methoxy groups -OCH3 is 1. The number of nitrogens with one attached hydrogen (secondary N) is 1. The fraction of sp³-hybridized carbons (Fsp3) is 0.538. The van der Waals surface area contributed by atoms with Gasteiger partial charge in [0, 0.05) is 56.6 Å². The highest BCUT2D eigenvalue weighted by molar-refractivity contribution is 8.01. The van der Waals surface area contributed by atoms with Crippen molar-refractivity contribution in [1.29, 1.82) is 0 Å². The summed E-state index contributed by atoms with van der Waals surface area (Å²) in [6, 6.07) is 2.85. The maximum absolute atomic E-state index is 12.3. The van der Waals surface area contributed by atoms with Crippen LogP contribution in [0.1, 0.15) is 0 Å². The van der Waals surface area contributed by atoms with Crippen molar-refractivity contribution < 1.29 is 22.2 Å². The standard InChI is InChI=1S/C13H21N5O5S2/c1-23-12-10-11(4-5-14-12)15-13(19)17-6-8-18(9-7-17)25(21,22)16-24(2,3)20/h4-5,10H,6-9H2,1-3H3,(H,14,15,19). The lowest BCUT2D eigenvalue weighted by molar-refractivity contribution is 0.184. The Balaban J connectivity index is 1.97. The molecular weight excluding hydrogens is 370 g/mol. The molecule has 0 bridgehead atoms. The van der Waals surface area contributed by atoms with Gasteiger partial charge in [-0.2, -0.15) is 12.7 Å². The summed E-state index contributed by atoms with van der Waals surface area (Å²) in [5.74, 6) is 0.373. The average Bonchev–Trinajstić information content (AvgIpc) is 2.53. The van der Waals surface area contributed by atoms with Crippen molar-refractivity contribution in [3.05, 3.63) is 18.3 Å². The number of nitrogens with zero attached hydrogens (tertiary/aromatic N) is 4. The smallest absolute Gasteiger partial charge is 0.330 e. The van der Waals surface area contributed by atoms with Crippen molar-refractivity contribution in [1.82, 2.24) is 14.2 Å². The number of aromatic nitrogens is 1. The molecule has 0 aromatic carbocycles. The molecule has 2 heterocycles. The third-order valence-corrected chi connectivity index (χ3v) is 6.53. The third-order valence-electron chi connectivity index (χ3n) is 3.32. The number of hydrogen-bond acceptors (Lipinski definition) is 6. The minimum Gasteiger partial charge on any atom is -0.481 e. The Morgan fingerprint density at radius 3 is 2.44 bits per heavy atom. The molecule has 1 N–H and O–H groups in total. The fourth-order valence-corrected chi connectivity index (χ4v) is 5.01. The predicted molar refractivity (Wildman–Crippen MR) is 94.3 cm³/mol. The van der Waals surface area contributed by atoms with E-state index in [1.807, 2.05) is 0 Å². The van der Waals surface area contributed by atoms with Crippen molar-refractivity contribution in [2.24, 2.45) is 3.77 Å².